The summed E-state index contributed by atoms with van der Waals surface area (Å²) in [4.78, 5) is 11.0. The molecule has 1 atom stereocenters. The lowest BCUT2D eigenvalue weighted by Gasteiger charge is -2.28. The van der Waals surface area contributed by atoms with Crippen LogP contribution in [0.4, 0.5) is 0 Å². The van der Waals surface area contributed by atoms with Crippen molar-refractivity contribution in [2.45, 2.75) is 30.7 Å². The predicted octanol–water partition coefficient (Wildman–Crippen LogP) is 2.00. The zero-order chi connectivity index (χ0) is 9.26. The lowest BCUT2D eigenvalue weighted by molar-refractivity contribution is -0.118. The van der Waals surface area contributed by atoms with Gasteiger partial charge in [-0.3, -0.25) is 4.79 Å². The van der Waals surface area contributed by atoms with Crippen molar-refractivity contribution in [1.29, 1.82) is 0 Å². The van der Waals surface area contributed by atoms with Gasteiger partial charge in [0.1, 0.15) is 5.76 Å². The van der Waals surface area contributed by atoms with Crippen molar-refractivity contribution in [2.75, 3.05) is 0 Å². The van der Waals surface area contributed by atoms with Crippen LogP contribution in [0.1, 0.15) is 19.3 Å². The van der Waals surface area contributed by atoms with Crippen molar-refractivity contribution in [2.24, 2.45) is 10.2 Å². The Balaban J connectivity index is 2.00. The molecule has 1 unspecified atom stereocenters. The molecule has 1 fully saturated rings. The summed E-state index contributed by atoms with van der Waals surface area (Å²) < 4.78 is 5.46. The molecule has 1 saturated carbocycles. The predicted molar refractivity (Wildman–Crippen MR) is 46.3 cm³/mol. The van der Waals surface area contributed by atoms with Gasteiger partial charge in [-0.25, -0.2) is 0 Å². The largest absolute Gasteiger partial charge is 0.491 e. The van der Waals surface area contributed by atoms with E-state index in [4.69, 9.17) is 16.3 Å². The Hall–Kier alpha value is -0.900. The number of carbonyl (C=O) groups is 1. The van der Waals surface area contributed by atoms with E-state index in [1.165, 1.54) is 12.6 Å². The second-order valence-electron chi connectivity index (χ2n) is 3.12. The highest BCUT2D eigenvalue weighted by molar-refractivity contribution is 6.32. The maximum atomic E-state index is 11.0. The Morgan fingerprint density at radius 3 is 2.92 bits per heavy atom. The molecule has 0 aromatic heterocycles. The number of hydrogen-bond acceptors (Lipinski definition) is 3. The molecule has 1 amide bonds. The minimum absolute atomic E-state index is 0.216. The zero-order valence-electron chi connectivity index (χ0n) is 6.94. The second-order valence-corrected chi connectivity index (χ2v) is 3.55. The molecule has 2 aliphatic rings. The van der Waals surface area contributed by atoms with Crippen LogP contribution in [0.2, 0.25) is 0 Å². The number of nitrogens with zero attached hydrogens (tertiary/aromatic N) is 2. The molecule has 0 saturated heterocycles. The molecule has 1 aliphatic carbocycles. The molecule has 0 N–H and O–H groups in total. The average molecular weight is 201 g/mol. The lowest BCUT2D eigenvalue weighted by Crippen LogP contribution is -2.27. The molecule has 0 aromatic carbocycles. The molecule has 2 rings (SSSR count). The summed E-state index contributed by atoms with van der Waals surface area (Å²) in [5.74, 6) is -0.00939. The fourth-order valence-electron chi connectivity index (χ4n) is 1.15. The summed E-state index contributed by atoms with van der Waals surface area (Å²) in [6.07, 6.45) is 4.88. The van der Waals surface area contributed by atoms with Gasteiger partial charge >= 0.3 is 0 Å². The highest BCUT2D eigenvalue weighted by atomic mass is 35.5. The smallest absolute Gasteiger partial charge is 0.290 e. The molecular formula is C8H9ClN2O2. The summed E-state index contributed by atoms with van der Waals surface area (Å²) in [5.41, 5.74) is 0. The van der Waals surface area contributed by atoms with Crippen LogP contribution in [0.15, 0.2) is 22.2 Å². The first kappa shape index (κ1) is 8.69. The number of hydrogen-bond donors (Lipinski definition) is 0. The van der Waals surface area contributed by atoms with Gasteiger partial charge < -0.3 is 4.74 Å². The van der Waals surface area contributed by atoms with Gasteiger partial charge in [0.2, 0.25) is 0 Å². The number of ether oxygens (including phenoxy) is 1. The molecule has 70 valence electrons. The minimum Gasteiger partial charge on any atom is -0.491 e. The second kappa shape index (κ2) is 3.46. The van der Waals surface area contributed by atoms with Crippen LogP contribution in [0.5, 0.6) is 0 Å². The Morgan fingerprint density at radius 2 is 2.31 bits per heavy atom. The van der Waals surface area contributed by atoms with Crippen LogP contribution >= 0.6 is 11.6 Å². The standard InChI is InChI=1S/C8H9ClN2O2/c9-7-6(4-10-11-8(7)12)13-5-2-1-3-5/h4-5,7H,1-3H2. The topological polar surface area (TPSA) is 51.0 Å². The van der Waals surface area contributed by atoms with Crippen LogP contribution in [-0.4, -0.2) is 17.4 Å². The lowest BCUT2D eigenvalue weighted by atomic mass is 9.96. The maximum Gasteiger partial charge on any atom is 0.290 e. The Morgan fingerprint density at radius 1 is 1.54 bits per heavy atom. The first-order valence-electron chi connectivity index (χ1n) is 4.23. The van der Waals surface area contributed by atoms with Crippen molar-refractivity contribution >= 4 is 17.5 Å². The molecule has 0 aromatic rings. The number of halogens is 1. The summed E-state index contributed by atoms with van der Waals surface area (Å²) in [5, 5.41) is 6.04. The van der Waals surface area contributed by atoms with Gasteiger partial charge in [-0.2, -0.15) is 5.11 Å². The Labute approximate surface area is 80.6 Å². The van der Waals surface area contributed by atoms with E-state index in [2.05, 4.69) is 10.2 Å². The van der Waals surface area contributed by atoms with E-state index in [0.717, 1.165) is 12.8 Å². The molecule has 0 radical (unpaired) electrons. The fraction of sp³-hybridized carbons (Fsp3) is 0.625. The summed E-state index contributed by atoms with van der Waals surface area (Å²) >= 11 is 5.76. The minimum atomic E-state index is -0.780. The maximum absolute atomic E-state index is 11.0. The Bertz CT molecular complexity index is 284. The number of azo groups is 1. The number of amides is 1. The van der Waals surface area contributed by atoms with Crippen molar-refractivity contribution in [1.82, 2.24) is 0 Å². The molecule has 5 heteroatoms. The van der Waals surface area contributed by atoms with Crippen LogP contribution in [-0.2, 0) is 9.53 Å². The van der Waals surface area contributed by atoms with E-state index < -0.39 is 11.3 Å². The summed E-state index contributed by atoms with van der Waals surface area (Å²) in [6, 6.07) is 0. The number of alkyl halides is 1. The first-order valence-corrected chi connectivity index (χ1v) is 4.66. The van der Waals surface area contributed by atoms with Gasteiger partial charge in [-0.05, 0) is 19.3 Å². The SMILES string of the molecule is O=C1N=NC=C(OC2CCC2)C1Cl. The van der Waals surface area contributed by atoms with Gasteiger partial charge in [0.05, 0.1) is 12.3 Å². The zero-order valence-corrected chi connectivity index (χ0v) is 7.70. The van der Waals surface area contributed by atoms with Crippen molar-refractivity contribution in [3.8, 4) is 0 Å². The third kappa shape index (κ3) is 1.72. The Kier molecular flexibility index (Phi) is 2.31. The fourth-order valence-corrected chi connectivity index (χ4v) is 1.30. The van der Waals surface area contributed by atoms with Crippen LogP contribution < -0.4 is 0 Å². The van der Waals surface area contributed by atoms with Gasteiger partial charge in [-0.1, -0.05) is 0 Å². The van der Waals surface area contributed by atoms with Gasteiger partial charge in [-0.15, -0.1) is 16.7 Å². The highest BCUT2D eigenvalue weighted by Crippen LogP contribution is 2.28. The van der Waals surface area contributed by atoms with E-state index >= 15 is 0 Å². The quantitative estimate of drug-likeness (QED) is 0.641. The first-order chi connectivity index (χ1) is 6.27. The molecular weight excluding hydrogens is 192 g/mol. The van der Waals surface area contributed by atoms with Crippen LogP contribution in [0.25, 0.3) is 0 Å². The van der Waals surface area contributed by atoms with Crippen molar-refractivity contribution in [3.05, 3.63) is 12.0 Å². The molecule has 4 nitrogen and oxygen atoms in total. The molecule has 0 bridgehead atoms. The average Bonchev–Trinajstić information content (AvgIpc) is 2.04. The van der Waals surface area contributed by atoms with E-state index in [-0.39, 0.29) is 6.10 Å². The normalized spacial score (nSPS) is 28.2. The van der Waals surface area contributed by atoms with Crippen LogP contribution in [0, 0.1) is 0 Å². The molecule has 0 spiro atoms. The third-order valence-electron chi connectivity index (χ3n) is 2.16. The van der Waals surface area contributed by atoms with Gasteiger partial charge in [0, 0.05) is 0 Å². The summed E-state index contributed by atoms with van der Waals surface area (Å²) in [6.45, 7) is 0. The highest BCUT2D eigenvalue weighted by Gasteiger charge is 2.28. The van der Waals surface area contributed by atoms with Gasteiger partial charge in [0.15, 0.2) is 5.38 Å². The van der Waals surface area contributed by atoms with E-state index in [1.54, 1.807) is 0 Å². The summed E-state index contributed by atoms with van der Waals surface area (Å²) in [7, 11) is 0. The van der Waals surface area contributed by atoms with Gasteiger partial charge in [0.25, 0.3) is 5.91 Å². The van der Waals surface area contributed by atoms with E-state index in [9.17, 15) is 4.79 Å². The molecule has 1 aliphatic heterocycles. The number of rotatable bonds is 2. The number of carbonyl (C=O) groups excluding carboxylic acids is 1. The van der Waals surface area contributed by atoms with Crippen LogP contribution in [0.3, 0.4) is 0 Å². The van der Waals surface area contributed by atoms with E-state index in [1.807, 2.05) is 0 Å². The molecule has 13 heavy (non-hydrogen) atoms. The van der Waals surface area contributed by atoms with Crippen molar-refractivity contribution < 1.29 is 9.53 Å². The van der Waals surface area contributed by atoms with E-state index in [0.29, 0.717) is 5.76 Å². The third-order valence-corrected chi connectivity index (χ3v) is 2.56. The molecule has 1 heterocycles. The monoisotopic (exact) mass is 200 g/mol. The van der Waals surface area contributed by atoms with Crippen molar-refractivity contribution in [3.63, 3.8) is 0 Å².